The van der Waals surface area contributed by atoms with Gasteiger partial charge in [0.15, 0.2) is 0 Å². The highest BCUT2D eigenvalue weighted by Crippen LogP contribution is 2.32. The summed E-state index contributed by atoms with van der Waals surface area (Å²) in [6.07, 6.45) is 1.16. The first-order valence-electron chi connectivity index (χ1n) is 13.7. The van der Waals surface area contributed by atoms with E-state index in [2.05, 4.69) is 5.32 Å². The fraction of sp³-hybridized carbons (Fsp3) is 0.212. The van der Waals surface area contributed by atoms with Crippen LogP contribution in [0.3, 0.4) is 0 Å². The topological polar surface area (TPSA) is 96.0 Å². The Balaban J connectivity index is 1.33. The molecule has 0 fully saturated rings. The van der Waals surface area contributed by atoms with Crippen LogP contribution in [0.25, 0.3) is 0 Å². The van der Waals surface area contributed by atoms with Crippen molar-refractivity contribution in [2.24, 2.45) is 0 Å². The van der Waals surface area contributed by atoms with Gasteiger partial charge in [-0.15, -0.1) is 0 Å². The second-order valence-corrected chi connectivity index (χ2v) is 12.2. The number of carbonyl (C=O) groups is 2. The number of anilines is 2. The number of sulfonamides is 1. The zero-order valence-electron chi connectivity index (χ0n) is 23.6. The number of amides is 2. The molecule has 0 saturated heterocycles. The van der Waals surface area contributed by atoms with Crippen molar-refractivity contribution in [3.63, 3.8) is 0 Å². The number of rotatable bonds is 10. The number of nitrogens with zero attached hydrogens (tertiary/aromatic N) is 2. The maximum atomic E-state index is 13.6. The Kier molecular flexibility index (Phi) is 8.70. The smallest absolute Gasteiger partial charge is 0.258 e. The summed E-state index contributed by atoms with van der Waals surface area (Å²) in [4.78, 5) is 28.4. The van der Waals surface area contributed by atoms with E-state index in [9.17, 15) is 18.0 Å². The van der Waals surface area contributed by atoms with Crippen molar-refractivity contribution < 1.29 is 22.7 Å². The Morgan fingerprint density at radius 3 is 2.33 bits per heavy atom. The molecule has 0 aliphatic carbocycles. The van der Waals surface area contributed by atoms with Gasteiger partial charge in [0.25, 0.3) is 5.91 Å². The molecule has 2 amide bonds. The van der Waals surface area contributed by atoms with Crippen molar-refractivity contribution in [2.75, 3.05) is 37.0 Å². The molecule has 1 N–H and O–H groups in total. The molecular formula is C33H33N3O5S. The third kappa shape index (κ3) is 6.53. The average Bonchev–Trinajstić information content (AvgIpc) is 3.43. The average molecular weight is 584 g/mol. The summed E-state index contributed by atoms with van der Waals surface area (Å²) in [5.74, 6) is 0.0569. The molecule has 1 heterocycles. The largest absolute Gasteiger partial charge is 0.497 e. The molecule has 9 heteroatoms. The molecule has 42 heavy (non-hydrogen) atoms. The summed E-state index contributed by atoms with van der Waals surface area (Å²) < 4.78 is 33.6. The highest BCUT2D eigenvalue weighted by molar-refractivity contribution is 7.89. The van der Waals surface area contributed by atoms with E-state index in [4.69, 9.17) is 4.74 Å². The Morgan fingerprint density at radius 2 is 1.64 bits per heavy atom. The van der Waals surface area contributed by atoms with E-state index < -0.39 is 15.9 Å². The normalized spacial score (nSPS) is 12.7. The monoisotopic (exact) mass is 583 g/mol. The Bertz CT molecular complexity index is 1670. The predicted octanol–water partition coefficient (Wildman–Crippen LogP) is 5.08. The molecule has 4 aromatic rings. The van der Waals surface area contributed by atoms with Crippen LogP contribution in [-0.2, 0) is 27.7 Å². The number of carbonyl (C=O) groups excluding carboxylic acids is 2. The summed E-state index contributed by atoms with van der Waals surface area (Å²) in [5.41, 5.74) is 4.67. The summed E-state index contributed by atoms with van der Waals surface area (Å²) in [7, 11) is -2.36. The standard InChI is InChI=1S/C33H33N3O5S/c1-24-8-16-30(17-9-24)42(39,40)35(20-18-25-6-4-3-5-7-25)23-32(37)34-28-13-10-26-19-21-36(31(26)22-28)33(38)27-11-14-29(41-2)15-12-27/h3-17,22H,18-21,23H2,1-2H3,(H,34,37). The minimum absolute atomic E-state index is 0.138. The summed E-state index contributed by atoms with van der Waals surface area (Å²) in [5, 5.41) is 2.85. The van der Waals surface area contributed by atoms with Gasteiger partial charge in [0.05, 0.1) is 18.6 Å². The lowest BCUT2D eigenvalue weighted by Crippen LogP contribution is -2.39. The van der Waals surface area contributed by atoms with E-state index in [-0.39, 0.29) is 23.9 Å². The minimum atomic E-state index is -3.93. The lowest BCUT2D eigenvalue weighted by Gasteiger charge is -2.22. The van der Waals surface area contributed by atoms with Crippen LogP contribution >= 0.6 is 0 Å². The fourth-order valence-electron chi connectivity index (χ4n) is 4.96. The highest BCUT2D eigenvalue weighted by Gasteiger charge is 2.28. The van der Waals surface area contributed by atoms with E-state index in [1.807, 2.05) is 43.3 Å². The van der Waals surface area contributed by atoms with Crippen molar-refractivity contribution in [3.8, 4) is 5.75 Å². The number of fused-ring (bicyclic) bond motifs is 1. The molecular weight excluding hydrogens is 550 g/mol. The van der Waals surface area contributed by atoms with Crippen LogP contribution in [0.5, 0.6) is 5.75 Å². The summed E-state index contributed by atoms with van der Waals surface area (Å²) >= 11 is 0. The SMILES string of the molecule is COc1ccc(C(=O)N2CCc3ccc(NC(=O)CN(CCc4ccccc4)S(=O)(=O)c4ccc(C)cc4)cc32)cc1. The van der Waals surface area contributed by atoms with E-state index in [0.29, 0.717) is 36.4 Å². The van der Waals surface area contributed by atoms with Crippen LogP contribution in [-0.4, -0.2) is 51.3 Å². The molecule has 4 aromatic carbocycles. The van der Waals surface area contributed by atoms with Gasteiger partial charge in [-0.1, -0.05) is 54.1 Å². The third-order valence-electron chi connectivity index (χ3n) is 7.32. The minimum Gasteiger partial charge on any atom is -0.497 e. The number of hydrogen-bond donors (Lipinski definition) is 1. The molecule has 216 valence electrons. The first-order valence-corrected chi connectivity index (χ1v) is 15.2. The molecule has 0 unspecified atom stereocenters. The van der Waals surface area contributed by atoms with Crippen molar-refractivity contribution >= 4 is 33.2 Å². The van der Waals surface area contributed by atoms with E-state index in [1.54, 1.807) is 72.7 Å². The zero-order valence-corrected chi connectivity index (χ0v) is 24.4. The van der Waals surface area contributed by atoms with Gasteiger partial charge in [-0.3, -0.25) is 9.59 Å². The van der Waals surface area contributed by atoms with Crippen LogP contribution < -0.4 is 15.0 Å². The Labute approximate surface area is 246 Å². The zero-order chi connectivity index (χ0) is 29.7. The Morgan fingerprint density at radius 1 is 0.929 bits per heavy atom. The maximum Gasteiger partial charge on any atom is 0.258 e. The predicted molar refractivity (Wildman–Crippen MR) is 164 cm³/mol. The van der Waals surface area contributed by atoms with Crippen molar-refractivity contribution in [2.45, 2.75) is 24.7 Å². The molecule has 0 radical (unpaired) electrons. The first kappa shape index (κ1) is 29.0. The lowest BCUT2D eigenvalue weighted by molar-refractivity contribution is -0.116. The number of methoxy groups -OCH3 is 1. The van der Waals surface area contributed by atoms with Crippen LogP contribution in [0.2, 0.25) is 0 Å². The highest BCUT2D eigenvalue weighted by atomic mass is 32.2. The molecule has 0 aromatic heterocycles. The molecule has 0 spiro atoms. The van der Waals surface area contributed by atoms with Gasteiger partial charge >= 0.3 is 0 Å². The molecule has 1 aliphatic rings. The number of benzene rings is 4. The number of hydrogen-bond acceptors (Lipinski definition) is 5. The van der Waals surface area contributed by atoms with Crippen LogP contribution in [0, 0.1) is 6.92 Å². The fourth-order valence-corrected chi connectivity index (χ4v) is 6.36. The quantitative estimate of drug-likeness (QED) is 0.281. The van der Waals surface area contributed by atoms with Gasteiger partial charge in [-0.2, -0.15) is 4.31 Å². The van der Waals surface area contributed by atoms with E-state index >= 15 is 0 Å². The van der Waals surface area contributed by atoms with Gasteiger partial charge in [-0.05, 0) is 79.4 Å². The summed E-state index contributed by atoms with van der Waals surface area (Å²) in [6.45, 7) is 2.20. The molecule has 0 atom stereocenters. The maximum absolute atomic E-state index is 13.6. The number of nitrogens with one attached hydrogen (secondary N) is 1. The molecule has 8 nitrogen and oxygen atoms in total. The second kappa shape index (κ2) is 12.6. The van der Waals surface area contributed by atoms with Gasteiger partial charge < -0.3 is 15.0 Å². The third-order valence-corrected chi connectivity index (χ3v) is 9.18. The number of ether oxygens (including phenoxy) is 1. The molecule has 5 rings (SSSR count). The first-order chi connectivity index (χ1) is 20.2. The second-order valence-electron chi connectivity index (χ2n) is 10.2. The van der Waals surface area contributed by atoms with Gasteiger partial charge in [-0.25, -0.2) is 8.42 Å². The molecule has 0 bridgehead atoms. The Hall–Kier alpha value is -4.47. The van der Waals surface area contributed by atoms with Gasteiger partial charge in [0.1, 0.15) is 5.75 Å². The van der Waals surface area contributed by atoms with Gasteiger partial charge in [0, 0.05) is 30.0 Å². The van der Waals surface area contributed by atoms with E-state index in [0.717, 1.165) is 22.4 Å². The van der Waals surface area contributed by atoms with Crippen molar-refractivity contribution in [1.82, 2.24) is 4.31 Å². The number of aryl methyl sites for hydroxylation is 1. The van der Waals surface area contributed by atoms with Crippen LogP contribution in [0.15, 0.2) is 102 Å². The van der Waals surface area contributed by atoms with Crippen LogP contribution in [0.1, 0.15) is 27.0 Å². The molecule has 1 aliphatic heterocycles. The van der Waals surface area contributed by atoms with Crippen molar-refractivity contribution in [1.29, 1.82) is 0 Å². The molecule has 0 saturated carbocycles. The summed E-state index contributed by atoms with van der Waals surface area (Å²) in [6, 6.07) is 28.6. The van der Waals surface area contributed by atoms with Gasteiger partial charge in [0.2, 0.25) is 15.9 Å². The lowest BCUT2D eigenvalue weighted by atomic mass is 10.1. The van der Waals surface area contributed by atoms with Crippen molar-refractivity contribution in [3.05, 3.63) is 119 Å². The van der Waals surface area contributed by atoms with Crippen LogP contribution in [0.4, 0.5) is 11.4 Å². The van der Waals surface area contributed by atoms with E-state index in [1.165, 1.54) is 4.31 Å².